The van der Waals surface area contributed by atoms with Crippen LogP contribution in [0.25, 0.3) is 0 Å². The maximum atomic E-state index is 13.4. The molecule has 1 fully saturated rings. The van der Waals surface area contributed by atoms with E-state index in [1.807, 2.05) is 6.92 Å². The lowest BCUT2D eigenvalue weighted by atomic mass is 9.99. The van der Waals surface area contributed by atoms with Crippen molar-refractivity contribution in [1.82, 2.24) is 10.2 Å². The molecule has 0 unspecified atom stereocenters. The van der Waals surface area contributed by atoms with E-state index in [4.69, 9.17) is 0 Å². The predicted octanol–water partition coefficient (Wildman–Crippen LogP) is 3.27. The largest absolute Gasteiger partial charge is 0.314 e. The van der Waals surface area contributed by atoms with Crippen LogP contribution in [-0.4, -0.2) is 31.1 Å². The van der Waals surface area contributed by atoms with Gasteiger partial charge in [-0.05, 0) is 24.1 Å². The number of rotatable bonds is 4. The molecule has 0 radical (unpaired) electrons. The molecule has 1 aromatic carbocycles. The van der Waals surface area contributed by atoms with Gasteiger partial charge in [0.1, 0.15) is 0 Å². The molecule has 1 aromatic rings. The van der Waals surface area contributed by atoms with Crippen LogP contribution in [0.15, 0.2) is 12.1 Å². The Balaban J connectivity index is 0.00000200. The molecule has 2 nitrogen and oxygen atoms in total. The van der Waals surface area contributed by atoms with Crippen LogP contribution < -0.4 is 5.32 Å². The van der Waals surface area contributed by atoms with E-state index in [-0.39, 0.29) is 18.4 Å². The van der Waals surface area contributed by atoms with Crippen molar-refractivity contribution in [3.05, 3.63) is 35.1 Å². The van der Waals surface area contributed by atoms with Gasteiger partial charge in [0.25, 0.3) is 0 Å². The minimum Gasteiger partial charge on any atom is -0.314 e. The number of halogens is 4. The monoisotopic (exact) mass is 308 g/mol. The van der Waals surface area contributed by atoms with E-state index < -0.39 is 17.5 Å². The number of hydrogen-bond acceptors (Lipinski definition) is 2. The van der Waals surface area contributed by atoms with Gasteiger partial charge in [-0.2, -0.15) is 0 Å². The molecule has 0 aromatic heterocycles. The van der Waals surface area contributed by atoms with Gasteiger partial charge in [-0.15, -0.1) is 12.4 Å². The fourth-order valence-electron chi connectivity index (χ4n) is 2.59. The van der Waals surface area contributed by atoms with Gasteiger partial charge in [0.05, 0.1) is 0 Å². The summed E-state index contributed by atoms with van der Waals surface area (Å²) in [7, 11) is 0. The second-order valence-electron chi connectivity index (χ2n) is 4.89. The van der Waals surface area contributed by atoms with Crippen LogP contribution in [-0.2, 0) is 0 Å². The smallest absolute Gasteiger partial charge is 0.194 e. The molecule has 2 rings (SSSR count). The third kappa shape index (κ3) is 3.87. The maximum Gasteiger partial charge on any atom is 0.194 e. The van der Waals surface area contributed by atoms with E-state index >= 15 is 0 Å². The molecule has 1 atom stereocenters. The van der Waals surface area contributed by atoms with Crippen LogP contribution in [0, 0.1) is 17.5 Å². The molecule has 0 amide bonds. The molecule has 0 aliphatic carbocycles. The van der Waals surface area contributed by atoms with Gasteiger partial charge in [-0.3, -0.25) is 4.90 Å². The highest BCUT2D eigenvalue weighted by molar-refractivity contribution is 5.85. The molecule has 6 heteroatoms. The van der Waals surface area contributed by atoms with E-state index in [0.717, 1.165) is 51.2 Å². The Hall–Kier alpha value is -0.780. The van der Waals surface area contributed by atoms with Crippen molar-refractivity contribution in [2.45, 2.75) is 25.8 Å². The second kappa shape index (κ2) is 7.86. The number of piperazine rings is 1. The maximum absolute atomic E-state index is 13.4. The summed E-state index contributed by atoms with van der Waals surface area (Å²) >= 11 is 0. The Morgan fingerprint density at radius 2 is 1.70 bits per heavy atom. The zero-order valence-electron chi connectivity index (χ0n) is 11.5. The highest BCUT2D eigenvalue weighted by Gasteiger charge is 2.23. The topological polar surface area (TPSA) is 15.3 Å². The fourth-order valence-corrected chi connectivity index (χ4v) is 2.59. The van der Waals surface area contributed by atoms with Crippen LogP contribution in [0.1, 0.15) is 31.4 Å². The van der Waals surface area contributed by atoms with Crippen molar-refractivity contribution in [2.24, 2.45) is 0 Å². The van der Waals surface area contributed by atoms with Gasteiger partial charge in [0.15, 0.2) is 17.5 Å². The first-order valence-corrected chi connectivity index (χ1v) is 6.72. The lowest BCUT2D eigenvalue weighted by molar-refractivity contribution is 0.164. The molecule has 20 heavy (non-hydrogen) atoms. The molecule has 1 saturated heterocycles. The summed E-state index contributed by atoms with van der Waals surface area (Å²) in [4.78, 5) is 2.20. The van der Waals surface area contributed by atoms with Crippen molar-refractivity contribution in [3.63, 3.8) is 0 Å². The molecule has 1 aliphatic rings. The van der Waals surface area contributed by atoms with Gasteiger partial charge in [0, 0.05) is 32.2 Å². The lowest BCUT2D eigenvalue weighted by Gasteiger charge is -2.35. The van der Waals surface area contributed by atoms with Gasteiger partial charge in [-0.1, -0.05) is 13.3 Å². The molecule has 1 N–H and O–H groups in total. The Morgan fingerprint density at radius 3 is 2.20 bits per heavy atom. The molecular weight excluding hydrogens is 289 g/mol. The van der Waals surface area contributed by atoms with Crippen molar-refractivity contribution in [2.75, 3.05) is 26.2 Å². The average Bonchev–Trinajstić information content (AvgIpc) is 2.42. The Kier molecular flexibility index (Phi) is 6.79. The zero-order chi connectivity index (χ0) is 13.8. The highest BCUT2D eigenvalue weighted by Crippen LogP contribution is 2.28. The van der Waals surface area contributed by atoms with Crippen molar-refractivity contribution < 1.29 is 13.2 Å². The van der Waals surface area contributed by atoms with E-state index in [1.54, 1.807) is 0 Å². The standard InChI is InChI=1S/C14H19F3N2.ClH/c1-2-3-13(19-6-4-18-5-7-19)10-8-11(15)14(17)12(16)9-10;/h8-9,13,18H,2-7H2,1H3;1H/t13-;/m1./s1. The van der Waals surface area contributed by atoms with Gasteiger partial charge in [0.2, 0.25) is 0 Å². The first kappa shape index (κ1) is 17.3. The number of nitrogens with zero attached hydrogens (tertiary/aromatic N) is 1. The predicted molar refractivity (Wildman–Crippen MR) is 75.7 cm³/mol. The molecule has 0 spiro atoms. The third-order valence-corrected chi connectivity index (χ3v) is 3.55. The summed E-state index contributed by atoms with van der Waals surface area (Å²) in [5.74, 6) is -3.60. The third-order valence-electron chi connectivity index (χ3n) is 3.55. The normalized spacial score (nSPS) is 17.6. The average molecular weight is 309 g/mol. The Bertz CT molecular complexity index is 413. The van der Waals surface area contributed by atoms with Crippen LogP contribution in [0.2, 0.25) is 0 Å². The second-order valence-corrected chi connectivity index (χ2v) is 4.89. The molecule has 1 aliphatic heterocycles. The quantitative estimate of drug-likeness (QED) is 0.859. The Morgan fingerprint density at radius 1 is 1.15 bits per heavy atom. The summed E-state index contributed by atoms with van der Waals surface area (Å²) in [6.07, 6.45) is 1.72. The van der Waals surface area contributed by atoms with Gasteiger partial charge >= 0.3 is 0 Å². The molecular formula is C14H20ClF3N2. The van der Waals surface area contributed by atoms with E-state index in [9.17, 15) is 13.2 Å². The van der Waals surface area contributed by atoms with Crippen LogP contribution in [0.3, 0.4) is 0 Å². The summed E-state index contributed by atoms with van der Waals surface area (Å²) in [6, 6.07) is 2.21. The fraction of sp³-hybridized carbons (Fsp3) is 0.571. The first-order chi connectivity index (χ1) is 9.13. The number of benzene rings is 1. The lowest BCUT2D eigenvalue weighted by Crippen LogP contribution is -2.45. The molecule has 114 valence electrons. The summed E-state index contributed by atoms with van der Waals surface area (Å²) in [6.45, 7) is 5.45. The first-order valence-electron chi connectivity index (χ1n) is 6.72. The van der Waals surface area contributed by atoms with Crippen molar-refractivity contribution in [1.29, 1.82) is 0 Å². The molecule has 1 heterocycles. The molecule has 0 bridgehead atoms. The minimum atomic E-state index is -1.39. The molecule has 0 saturated carbocycles. The number of nitrogens with one attached hydrogen (secondary N) is 1. The van der Waals surface area contributed by atoms with E-state index in [2.05, 4.69) is 10.2 Å². The van der Waals surface area contributed by atoms with E-state index in [0.29, 0.717) is 5.56 Å². The number of hydrogen-bond donors (Lipinski definition) is 1. The van der Waals surface area contributed by atoms with Gasteiger partial charge in [-0.25, -0.2) is 13.2 Å². The van der Waals surface area contributed by atoms with Crippen LogP contribution in [0.4, 0.5) is 13.2 Å². The summed E-state index contributed by atoms with van der Waals surface area (Å²) in [5, 5.41) is 3.25. The van der Waals surface area contributed by atoms with Crippen molar-refractivity contribution in [3.8, 4) is 0 Å². The summed E-state index contributed by atoms with van der Waals surface area (Å²) < 4.78 is 39.8. The van der Waals surface area contributed by atoms with E-state index in [1.165, 1.54) is 0 Å². The van der Waals surface area contributed by atoms with Crippen molar-refractivity contribution >= 4 is 12.4 Å². The zero-order valence-corrected chi connectivity index (χ0v) is 12.3. The Labute approximate surface area is 123 Å². The van der Waals surface area contributed by atoms with Crippen LogP contribution >= 0.6 is 12.4 Å². The van der Waals surface area contributed by atoms with Gasteiger partial charge < -0.3 is 5.32 Å². The summed E-state index contributed by atoms with van der Waals surface area (Å²) in [5.41, 5.74) is 0.528. The van der Waals surface area contributed by atoms with Crippen LogP contribution in [0.5, 0.6) is 0 Å². The highest BCUT2D eigenvalue weighted by atomic mass is 35.5. The minimum absolute atomic E-state index is 0. The SMILES string of the molecule is CCC[C@H](c1cc(F)c(F)c(F)c1)N1CCNCC1.Cl.